The summed E-state index contributed by atoms with van der Waals surface area (Å²) in [5.74, 6) is -0.227. The number of nitrogens with zero attached hydrogens (tertiary/aromatic N) is 2. The van der Waals surface area contributed by atoms with Crippen LogP contribution in [-0.2, 0) is 33.8 Å². The van der Waals surface area contributed by atoms with E-state index in [9.17, 15) is 19.6 Å². The zero-order chi connectivity index (χ0) is 25.7. The molecular formula is C26H23ClN4O3S2. The van der Waals surface area contributed by atoms with Crippen LogP contribution in [0.5, 0.6) is 0 Å². The van der Waals surface area contributed by atoms with E-state index in [-0.39, 0.29) is 29.9 Å². The number of hydrogen-bond acceptors (Lipinski definition) is 6. The summed E-state index contributed by atoms with van der Waals surface area (Å²) < 4.78 is 0. The number of anilines is 2. The lowest BCUT2D eigenvalue weighted by Gasteiger charge is -2.25. The first-order valence-electron chi connectivity index (χ1n) is 11.2. The molecule has 184 valence electrons. The summed E-state index contributed by atoms with van der Waals surface area (Å²) in [4.78, 5) is 40.3. The van der Waals surface area contributed by atoms with E-state index in [4.69, 9.17) is 11.6 Å². The second-order valence-corrected chi connectivity index (χ2v) is 10.8. The molecule has 0 unspecified atom stereocenters. The van der Waals surface area contributed by atoms with Gasteiger partial charge in [0, 0.05) is 34.0 Å². The van der Waals surface area contributed by atoms with Crippen molar-refractivity contribution in [2.75, 3.05) is 22.9 Å². The molecule has 0 fully saturated rings. The summed E-state index contributed by atoms with van der Waals surface area (Å²) in [6.07, 6.45) is 0.836. The average Bonchev–Trinajstić information content (AvgIpc) is 3.20. The molecule has 0 atom stereocenters. The number of hydrogen-bond donors (Lipinski definition) is 2. The van der Waals surface area contributed by atoms with Crippen LogP contribution < -0.4 is 10.6 Å². The number of nitrogens with one attached hydrogen (secondary N) is 2. The lowest BCUT2D eigenvalue weighted by Crippen LogP contribution is -2.33. The van der Waals surface area contributed by atoms with Gasteiger partial charge in [-0.1, -0.05) is 29.8 Å². The second-order valence-electron chi connectivity index (χ2n) is 8.23. The van der Waals surface area contributed by atoms with Gasteiger partial charge < -0.3 is 15.5 Å². The molecule has 2 N–H and O–H groups in total. The number of thiophene rings is 1. The van der Waals surface area contributed by atoms with Crippen molar-refractivity contribution in [1.82, 2.24) is 4.90 Å². The van der Waals surface area contributed by atoms with E-state index in [1.807, 2.05) is 30.3 Å². The lowest BCUT2D eigenvalue weighted by atomic mass is 10.0. The van der Waals surface area contributed by atoms with E-state index < -0.39 is 0 Å². The van der Waals surface area contributed by atoms with Crippen LogP contribution in [0.15, 0.2) is 53.4 Å². The van der Waals surface area contributed by atoms with Gasteiger partial charge in [-0.15, -0.1) is 23.1 Å². The highest BCUT2D eigenvalue weighted by Gasteiger charge is 2.26. The summed E-state index contributed by atoms with van der Waals surface area (Å²) in [5, 5.41) is 16.5. The van der Waals surface area contributed by atoms with Gasteiger partial charge in [0.1, 0.15) is 11.1 Å². The number of carbonyl (C=O) groups is 3. The number of amides is 3. The first-order chi connectivity index (χ1) is 17.3. The Labute approximate surface area is 222 Å². The number of carbonyl (C=O) groups excluding carboxylic acids is 3. The average molecular weight is 539 g/mol. The Morgan fingerprint density at radius 3 is 2.64 bits per heavy atom. The molecular weight excluding hydrogens is 516 g/mol. The molecule has 36 heavy (non-hydrogen) atoms. The van der Waals surface area contributed by atoms with Crippen LogP contribution >= 0.6 is 34.7 Å². The summed E-state index contributed by atoms with van der Waals surface area (Å²) in [5.41, 5.74) is 2.92. The van der Waals surface area contributed by atoms with Gasteiger partial charge in [0.15, 0.2) is 0 Å². The van der Waals surface area contributed by atoms with Gasteiger partial charge >= 0.3 is 0 Å². The van der Waals surface area contributed by atoms with Crippen LogP contribution in [0.2, 0.25) is 5.02 Å². The number of rotatable bonds is 7. The summed E-state index contributed by atoms with van der Waals surface area (Å²) in [7, 11) is 0. The SMILES string of the molecule is CC(=O)N1CCc2c(sc(NC(=O)CSc3cccc(NC(=O)Cc4ccc(Cl)cc4)c3)c2C#N)C1. The second kappa shape index (κ2) is 11.6. The van der Waals surface area contributed by atoms with Gasteiger partial charge in [0.05, 0.1) is 24.3 Å². The zero-order valence-corrected chi connectivity index (χ0v) is 21.9. The molecule has 3 aromatic rings. The molecule has 7 nitrogen and oxygen atoms in total. The predicted molar refractivity (Wildman–Crippen MR) is 143 cm³/mol. The van der Waals surface area contributed by atoms with Crippen molar-refractivity contribution in [2.24, 2.45) is 0 Å². The summed E-state index contributed by atoms with van der Waals surface area (Å²) in [6, 6.07) is 16.6. The zero-order valence-electron chi connectivity index (χ0n) is 19.5. The van der Waals surface area contributed by atoms with E-state index in [0.717, 1.165) is 20.9 Å². The highest BCUT2D eigenvalue weighted by molar-refractivity contribution is 8.00. The van der Waals surface area contributed by atoms with Gasteiger partial charge in [-0.2, -0.15) is 5.26 Å². The first kappa shape index (κ1) is 25.8. The van der Waals surface area contributed by atoms with Crippen LogP contribution in [0.25, 0.3) is 0 Å². The highest BCUT2D eigenvalue weighted by atomic mass is 35.5. The molecule has 2 aromatic carbocycles. The quantitative estimate of drug-likeness (QED) is 0.408. The molecule has 1 aliphatic heterocycles. The molecule has 1 aromatic heterocycles. The maximum absolute atomic E-state index is 12.7. The van der Waals surface area contributed by atoms with Crippen molar-refractivity contribution in [1.29, 1.82) is 5.26 Å². The fraction of sp³-hybridized carbons (Fsp3) is 0.231. The third-order valence-electron chi connectivity index (χ3n) is 5.63. The Morgan fingerprint density at radius 2 is 1.92 bits per heavy atom. The third-order valence-corrected chi connectivity index (χ3v) is 8.01. The van der Waals surface area contributed by atoms with Crippen LogP contribution in [0.3, 0.4) is 0 Å². The molecule has 0 radical (unpaired) electrons. The predicted octanol–water partition coefficient (Wildman–Crippen LogP) is 5.09. The minimum atomic E-state index is -0.226. The van der Waals surface area contributed by atoms with Crippen molar-refractivity contribution in [3.63, 3.8) is 0 Å². The minimum Gasteiger partial charge on any atom is -0.337 e. The number of benzene rings is 2. The number of thioether (sulfide) groups is 1. The topological polar surface area (TPSA) is 102 Å². The van der Waals surface area contributed by atoms with Crippen molar-refractivity contribution in [2.45, 2.75) is 31.2 Å². The fourth-order valence-electron chi connectivity index (χ4n) is 3.85. The van der Waals surface area contributed by atoms with E-state index >= 15 is 0 Å². The van der Waals surface area contributed by atoms with Crippen LogP contribution in [0, 0.1) is 11.3 Å². The van der Waals surface area contributed by atoms with Crippen molar-refractivity contribution in [3.05, 3.63) is 75.1 Å². The van der Waals surface area contributed by atoms with Crippen LogP contribution in [0.4, 0.5) is 10.7 Å². The standard InChI is InChI=1S/C26H23ClN4O3S2/c1-16(32)31-10-9-21-22(13-28)26(36-23(21)14-31)30-25(34)15-35-20-4-2-3-19(12-20)29-24(33)11-17-5-7-18(27)8-6-17/h2-8,12H,9-11,14-15H2,1H3,(H,29,33)(H,30,34). The summed E-state index contributed by atoms with van der Waals surface area (Å²) in [6.45, 7) is 2.57. The van der Waals surface area contributed by atoms with E-state index in [0.29, 0.717) is 40.8 Å². The smallest absolute Gasteiger partial charge is 0.235 e. The molecule has 0 spiro atoms. The van der Waals surface area contributed by atoms with E-state index in [1.54, 1.807) is 23.1 Å². The molecule has 1 aliphatic rings. The van der Waals surface area contributed by atoms with Gasteiger partial charge in [0.2, 0.25) is 17.7 Å². The molecule has 0 saturated carbocycles. The fourth-order valence-corrected chi connectivity index (χ4v) is 5.96. The molecule has 0 aliphatic carbocycles. The van der Waals surface area contributed by atoms with E-state index in [1.165, 1.54) is 30.0 Å². The molecule has 3 amide bonds. The third kappa shape index (κ3) is 6.46. The molecule has 0 saturated heterocycles. The van der Waals surface area contributed by atoms with Crippen LogP contribution in [0.1, 0.15) is 28.5 Å². The molecule has 4 rings (SSSR count). The van der Waals surface area contributed by atoms with Gasteiger partial charge in [-0.3, -0.25) is 14.4 Å². The van der Waals surface area contributed by atoms with Crippen molar-refractivity contribution >= 4 is 63.1 Å². The number of halogens is 1. The number of nitriles is 1. The largest absolute Gasteiger partial charge is 0.337 e. The Bertz CT molecular complexity index is 1350. The van der Waals surface area contributed by atoms with Crippen LogP contribution in [-0.4, -0.2) is 34.9 Å². The summed E-state index contributed by atoms with van der Waals surface area (Å²) >= 11 is 8.58. The van der Waals surface area contributed by atoms with Gasteiger partial charge in [-0.25, -0.2) is 0 Å². The van der Waals surface area contributed by atoms with Crippen molar-refractivity contribution < 1.29 is 14.4 Å². The minimum absolute atomic E-state index is 0.00190. The van der Waals surface area contributed by atoms with Gasteiger partial charge in [0.25, 0.3) is 0 Å². The Hall–Kier alpha value is -3.32. The van der Waals surface area contributed by atoms with E-state index in [2.05, 4.69) is 16.7 Å². The maximum Gasteiger partial charge on any atom is 0.235 e. The number of fused-ring (bicyclic) bond motifs is 1. The normalized spacial score (nSPS) is 12.4. The maximum atomic E-state index is 12.7. The first-order valence-corrected chi connectivity index (χ1v) is 13.4. The molecule has 10 heteroatoms. The Morgan fingerprint density at radius 1 is 1.14 bits per heavy atom. The monoisotopic (exact) mass is 538 g/mol. The highest BCUT2D eigenvalue weighted by Crippen LogP contribution is 2.37. The van der Waals surface area contributed by atoms with Gasteiger partial charge in [-0.05, 0) is 47.9 Å². The molecule has 2 heterocycles. The lowest BCUT2D eigenvalue weighted by molar-refractivity contribution is -0.129. The van der Waals surface area contributed by atoms with Crippen molar-refractivity contribution in [3.8, 4) is 6.07 Å². The molecule has 0 bridgehead atoms. The Balaban J connectivity index is 1.33. The Kier molecular flexibility index (Phi) is 8.31.